The first-order valence-corrected chi connectivity index (χ1v) is 9.35. The zero-order valence-corrected chi connectivity index (χ0v) is 14.5. The van der Waals surface area contributed by atoms with E-state index in [1.165, 1.54) is 37.8 Å². The molecule has 4 fully saturated rings. The minimum Gasteiger partial charge on any atom is -0.333 e. The molecule has 1 saturated heterocycles. The number of hydrogen-bond acceptors (Lipinski definition) is 2. The van der Waals surface area contributed by atoms with Crippen molar-refractivity contribution in [2.45, 2.75) is 70.4 Å². The van der Waals surface area contributed by atoms with Crippen molar-refractivity contribution >= 4 is 5.91 Å². The van der Waals surface area contributed by atoms with Gasteiger partial charge in [-0.3, -0.25) is 9.48 Å². The smallest absolute Gasteiger partial charge is 0.274 e. The van der Waals surface area contributed by atoms with Crippen LogP contribution in [0.5, 0.6) is 0 Å². The third-order valence-electron chi connectivity index (χ3n) is 6.66. The minimum absolute atomic E-state index is 0.0552. The zero-order chi connectivity index (χ0) is 15.9. The summed E-state index contributed by atoms with van der Waals surface area (Å²) >= 11 is 0. The quantitative estimate of drug-likeness (QED) is 0.839. The summed E-state index contributed by atoms with van der Waals surface area (Å²) in [5, 5.41) is 4.75. The van der Waals surface area contributed by atoms with E-state index in [2.05, 4.69) is 36.4 Å². The highest BCUT2D eigenvalue weighted by Gasteiger charge is 2.58. The van der Waals surface area contributed by atoms with Crippen molar-refractivity contribution in [2.24, 2.45) is 17.8 Å². The van der Waals surface area contributed by atoms with Gasteiger partial charge < -0.3 is 4.90 Å². The summed E-state index contributed by atoms with van der Waals surface area (Å²) in [4.78, 5) is 15.2. The van der Waals surface area contributed by atoms with Crippen molar-refractivity contribution in [3.8, 4) is 0 Å². The van der Waals surface area contributed by atoms with E-state index in [0.29, 0.717) is 17.7 Å². The first-order valence-electron chi connectivity index (χ1n) is 9.35. The van der Waals surface area contributed by atoms with E-state index in [9.17, 15) is 4.79 Å². The molecule has 0 aromatic carbocycles. The average molecular weight is 313 g/mol. The van der Waals surface area contributed by atoms with Crippen LogP contribution in [-0.4, -0.2) is 33.2 Å². The lowest BCUT2D eigenvalue weighted by Crippen LogP contribution is -2.61. The fourth-order valence-corrected chi connectivity index (χ4v) is 5.41. The molecule has 2 heterocycles. The fourth-order valence-electron chi connectivity index (χ4n) is 5.41. The number of aromatic nitrogens is 2. The molecule has 124 valence electrons. The minimum atomic E-state index is -0.0552. The van der Waals surface area contributed by atoms with E-state index in [1.807, 2.05) is 0 Å². The summed E-state index contributed by atoms with van der Waals surface area (Å²) < 4.78 is 2.11. The maximum absolute atomic E-state index is 13.0. The van der Waals surface area contributed by atoms with Crippen LogP contribution < -0.4 is 0 Å². The number of amides is 1. The maximum Gasteiger partial charge on any atom is 0.274 e. The van der Waals surface area contributed by atoms with Crippen LogP contribution in [0.25, 0.3) is 0 Å². The standard InChI is InChI=1S/C19H27N3O/c1-19(2,3)22-16(11-4-5-11)9-15(20-22)18(23)21-10-14-12-6-7-13(8-12)17(14)21/h9,11-14,17H,4-8,10H2,1-3H3. The lowest BCUT2D eigenvalue weighted by atomic mass is 9.76. The Hall–Kier alpha value is -1.32. The van der Waals surface area contributed by atoms with E-state index < -0.39 is 0 Å². The van der Waals surface area contributed by atoms with E-state index in [0.717, 1.165) is 24.3 Å². The SMILES string of the molecule is CC(C)(C)n1nc(C(=O)N2CC3C4CCC(C4)C32)cc1C1CC1. The van der Waals surface area contributed by atoms with E-state index >= 15 is 0 Å². The van der Waals surface area contributed by atoms with Gasteiger partial charge in [0.1, 0.15) is 0 Å². The first kappa shape index (κ1) is 14.1. The van der Waals surface area contributed by atoms with Crippen LogP contribution in [0.3, 0.4) is 0 Å². The predicted octanol–water partition coefficient (Wildman–Crippen LogP) is 3.39. The third kappa shape index (κ3) is 1.96. The summed E-state index contributed by atoms with van der Waals surface area (Å²) in [7, 11) is 0. The number of fused-ring (bicyclic) bond motifs is 5. The molecule has 0 spiro atoms. The lowest BCUT2D eigenvalue weighted by molar-refractivity contribution is -0.00959. The van der Waals surface area contributed by atoms with Gasteiger partial charge in [0.25, 0.3) is 5.91 Å². The Morgan fingerprint density at radius 1 is 1.17 bits per heavy atom. The first-order chi connectivity index (χ1) is 10.9. The Bertz CT molecular complexity index is 665. The van der Waals surface area contributed by atoms with Crippen LogP contribution in [0, 0.1) is 17.8 Å². The molecule has 3 aliphatic carbocycles. The van der Waals surface area contributed by atoms with Crippen molar-refractivity contribution < 1.29 is 4.79 Å². The molecule has 4 unspecified atom stereocenters. The summed E-state index contributed by atoms with van der Waals surface area (Å²) in [6.07, 6.45) is 6.59. The van der Waals surface area contributed by atoms with E-state index in [1.54, 1.807) is 0 Å². The van der Waals surface area contributed by atoms with Gasteiger partial charge in [-0.2, -0.15) is 5.10 Å². The van der Waals surface area contributed by atoms with Gasteiger partial charge in [-0.1, -0.05) is 0 Å². The topological polar surface area (TPSA) is 38.1 Å². The molecule has 1 aromatic rings. The van der Waals surface area contributed by atoms with Gasteiger partial charge in [-0.15, -0.1) is 0 Å². The fraction of sp³-hybridized carbons (Fsp3) is 0.789. The van der Waals surface area contributed by atoms with Gasteiger partial charge in [-0.05, 0) is 70.8 Å². The molecule has 3 saturated carbocycles. The van der Waals surface area contributed by atoms with Crippen molar-refractivity contribution in [2.75, 3.05) is 6.54 Å². The second kappa shape index (κ2) is 4.40. The summed E-state index contributed by atoms with van der Waals surface area (Å²) in [6.45, 7) is 7.51. The van der Waals surface area contributed by atoms with Gasteiger partial charge in [0, 0.05) is 30.1 Å². The van der Waals surface area contributed by atoms with Crippen LogP contribution in [0.15, 0.2) is 6.07 Å². The predicted molar refractivity (Wildman–Crippen MR) is 88.3 cm³/mol. The Morgan fingerprint density at radius 2 is 1.91 bits per heavy atom. The molecule has 1 amide bonds. The largest absolute Gasteiger partial charge is 0.333 e. The van der Waals surface area contributed by atoms with Crippen LogP contribution in [0.4, 0.5) is 0 Å². The van der Waals surface area contributed by atoms with Crippen molar-refractivity contribution in [1.29, 1.82) is 0 Å². The number of nitrogens with zero attached hydrogens (tertiary/aromatic N) is 3. The van der Waals surface area contributed by atoms with Crippen LogP contribution >= 0.6 is 0 Å². The lowest BCUT2D eigenvalue weighted by Gasteiger charge is -2.50. The molecule has 2 bridgehead atoms. The number of carbonyl (C=O) groups is 1. The molecule has 23 heavy (non-hydrogen) atoms. The van der Waals surface area contributed by atoms with Gasteiger partial charge in [0.2, 0.25) is 0 Å². The second-order valence-corrected chi connectivity index (χ2v) is 9.26. The van der Waals surface area contributed by atoms with Gasteiger partial charge >= 0.3 is 0 Å². The van der Waals surface area contributed by atoms with E-state index in [4.69, 9.17) is 5.10 Å². The molecule has 0 radical (unpaired) electrons. The highest BCUT2D eigenvalue weighted by atomic mass is 16.2. The summed E-state index contributed by atoms with van der Waals surface area (Å²) in [5.74, 6) is 3.28. The zero-order valence-electron chi connectivity index (χ0n) is 14.5. The average Bonchev–Trinajstić information content (AvgIpc) is 2.92. The Morgan fingerprint density at radius 3 is 2.57 bits per heavy atom. The van der Waals surface area contributed by atoms with Crippen LogP contribution in [0.2, 0.25) is 0 Å². The number of hydrogen-bond donors (Lipinski definition) is 0. The molecule has 1 aromatic heterocycles. The van der Waals surface area contributed by atoms with Gasteiger partial charge in [0.05, 0.1) is 5.54 Å². The molecule has 4 atom stereocenters. The van der Waals surface area contributed by atoms with Gasteiger partial charge in [-0.25, -0.2) is 0 Å². The highest BCUT2D eigenvalue weighted by Crippen LogP contribution is 2.55. The Labute approximate surface area is 138 Å². The molecule has 1 aliphatic heterocycles. The Balaban J connectivity index is 1.43. The normalized spacial score (nSPS) is 35.3. The van der Waals surface area contributed by atoms with Crippen molar-refractivity contribution in [3.05, 3.63) is 17.5 Å². The van der Waals surface area contributed by atoms with Crippen molar-refractivity contribution in [1.82, 2.24) is 14.7 Å². The third-order valence-corrected chi connectivity index (χ3v) is 6.66. The highest BCUT2D eigenvalue weighted by molar-refractivity contribution is 5.93. The van der Waals surface area contributed by atoms with Crippen LogP contribution in [-0.2, 0) is 5.54 Å². The van der Waals surface area contributed by atoms with E-state index in [-0.39, 0.29) is 11.4 Å². The molecule has 4 aliphatic rings. The molecule has 4 heteroatoms. The maximum atomic E-state index is 13.0. The van der Waals surface area contributed by atoms with Gasteiger partial charge in [0.15, 0.2) is 5.69 Å². The summed E-state index contributed by atoms with van der Waals surface area (Å²) in [6, 6.07) is 2.62. The van der Waals surface area contributed by atoms with Crippen LogP contribution in [0.1, 0.15) is 75.0 Å². The monoisotopic (exact) mass is 313 g/mol. The molecular weight excluding hydrogens is 286 g/mol. The molecular formula is C19H27N3O. The molecule has 5 rings (SSSR count). The second-order valence-electron chi connectivity index (χ2n) is 9.26. The molecule has 0 N–H and O–H groups in total. The summed E-state index contributed by atoms with van der Waals surface area (Å²) in [5.41, 5.74) is 1.90. The van der Waals surface area contributed by atoms with Crippen molar-refractivity contribution in [3.63, 3.8) is 0 Å². The Kier molecular flexibility index (Phi) is 2.69. The number of likely N-dealkylation sites (tertiary alicyclic amines) is 1. The number of carbonyl (C=O) groups excluding carboxylic acids is 1. The number of rotatable bonds is 2. The molecule has 4 nitrogen and oxygen atoms in total.